The van der Waals surface area contributed by atoms with Crippen LogP contribution in [-0.4, -0.2) is 50.9 Å². The molecule has 2 amide bonds. The van der Waals surface area contributed by atoms with Gasteiger partial charge in [0.25, 0.3) is 5.91 Å². The third-order valence-electron chi connectivity index (χ3n) is 6.93. The molecule has 0 bridgehead atoms. The van der Waals surface area contributed by atoms with Crippen molar-refractivity contribution in [1.29, 1.82) is 0 Å². The number of Topliss-reactive ketones (excluding diaryl/α,β-unsaturated/α-hetero) is 1. The Morgan fingerprint density at radius 1 is 1.00 bits per heavy atom. The molecule has 1 aromatic heterocycles. The first kappa shape index (κ1) is 23.9. The first-order valence-corrected chi connectivity index (χ1v) is 12.0. The summed E-state index contributed by atoms with van der Waals surface area (Å²) >= 11 is 0. The number of ketones is 1. The number of rotatable bonds is 7. The summed E-state index contributed by atoms with van der Waals surface area (Å²) in [4.78, 5) is 41.6. The van der Waals surface area contributed by atoms with Gasteiger partial charge in [0.15, 0.2) is 0 Å². The number of hydrogen-bond acceptors (Lipinski definition) is 7. The summed E-state index contributed by atoms with van der Waals surface area (Å²) in [6, 6.07) is 8.72. The monoisotopic (exact) mass is 468 g/mol. The van der Waals surface area contributed by atoms with Gasteiger partial charge < -0.3 is 14.1 Å². The van der Waals surface area contributed by atoms with Gasteiger partial charge in [-0.1, -0.05) is 51.1 Å². The van der Waals surface area contributed by atoms with Gasteiger partial charge in [-0.05, 0) is 37.7 Å². The highest BCUT2D eigenvalue weighted by Crippen LogP contribution is 2.36. The fraction of sp³-hybridized carbons (Fsp3) is 0.560. The van der Waals surface area contributed by atoms with Gasteiger partial charge in [0, 0.05) is 18.5 Å². The molecule has 34 heavy (non-hydrogen) atoms. The van der Waals surface area contributed by atoms with Crippen LogP contribution in [0.25, 0.3) is 0 Å². The fourth-order valence-corrected chi connectivity index (χ4v) is 4.41. The summed E-state index contributed by atoms with van der Waals surface area (Å²) in [5.41, 5.74) is 0.202. The molecule has 3 heterocycles. The minimum absolute atomic E-state index is 0.194. The van der Waals surface area contributed by atoms with Crippen LogP contribution in [0.4, 0.5) is 4.79 Å². The first-order valence-electron chi connectivity index (χ1n) is 12.0. The molecule has 2 aliphatic heterocycles. The number of amides is 2. The third kappa shape index (κ3) is 4.83. The number of benzene rings is 1. The summed E-state index contributed by atoms with van der Waals surface area (Å²) in [5.74, 6) is -0.248. The normalized spacial score (nSPS) is 20.6. The van der Waals surface area contributed by atoms with Crippen LogP contribution in [0, 0.1) is 5.41 Å². The molecule has 0 radical (unpaired) electrons. The van der Waals surface area contributed by atoms with Crippen LogP contribution >= 0.6 is 0 Å². The van der Waals surface area contributed by atoms with Crippen LogP contribution < -0.4 is 0 Å². The molecule has 2 fully saturated rings. The van der Waals surface area contributed by atoms with Crippen molar-refractivity contribution in [2.45, 2.75) is 71.6 Å². The van der Waals surface area contributed by atoms with Crippen LogP contribution in [0.5, 0.6) is 0 Å². The maximum absolute atomic E-state index is 12.9. The van der Waals surface area contributed by atoms with Crippen molar-refractivity contribution in [3.05, 3.63) is 47.7 Å². The van der Waals surface area contributed by atoms with E-state index in [-0.39, 0.29) is 12.6 Å². The van der Waals surface area contributed by atoms with E-state index >= 15 is 0 Å². The van der Waals surface area contributed by atoms with Gasteiger partial charge in [-0.15, -0.1) is 10.2 Å². The number of carbonyl (C=O) groups excluding carboxylic acids is 3. The number of hydrogen-bond donors (Lipinski definition) is 0. The third-order valence-corrected chi connectivity index (χ3v) is 6.93. The molecule has 2 saturated heterocycles. The summed E-state index contributed by atoms with van der Waals surface area (Å²) in [6.07, 6.45) is 3.07. The molecule has 1 aromatic carbocycles. The second kappa shape index (κ2) is 9.95. The molecule has 2 aliphatic rings. The van der Waals surface area contributed by atoms with Gasteiger partial charge in [0.05, 0.1) is 0 Å². The zero-order valence-electron chi connectivity index (χ0n) is 20.0. The number of nitrogens with zero attached hydrogens (tertiary/aromatic N) is 4. The Kier molecular flexibility index (Phi) is 7.00. The Bertz CT molecular complexity index is 1030. The van der Waals surface area contributed by atoms with Crippen molar-refractivity contribution < 1.29 is 23.5 Å². The summed E-state index contributed by atoms with van der Waals surface area (Å²) < 4.78 is 11.5. The Balaban J connectivity index is 1.44. The van der Waals surface area contributed by atoms with E-state index < -0.39 is 29.2 Å². The van der Waals surface area contributed by atoms with Crippen molar-refractivity contribution >= 4 is 17.8 Å². The largest absolute Gasteiger partial charge is 0.445 e. The molecule has 0 spiro atoms. The van der Waals surface area contributed by atoms with E-state index in [1.54, 1.807) is 23.6 Å². The maximum atomic E-state index is 12.9. The van der Waals surface area contributed by atoms with Crippen LogP contribution in [0.1, 0.15) is 82.3 Å². The smallest absolute Gasteiger partial charge is 0.410 e. The lowest BCUT2D eigenvalue weighted by Crippen LogP contribution is -2.42. The highest BCUT2D eigenvalue weighted by atomic mass is 16.6. The maximum Gasteiger partial charge on any atom is 0.410 e. The van der Waals surface area contributed by atoms with Gasteiger partial charge in [0.2, 0.25) is 17.6 Å². The van der Waals surface area contributed by atoms with Gasteiger partial charge in [-0.25, -0.2) is 4.79 Å². The minimum Gasteiger partial charge on any atom is -0.445 e. The van der Waals surface area contributed by atoms with Crippen LogP contribution in [0.2, 0.25) is 0 Å². The quantitative estimate of drug-likeness (QED) is 0.560. The van der Waals surface area contributed by atoms with E-state index in [1.165, 1.54) is 0 Å². The summed E-state index contributed by atoms with van der Waals surface area (Å²) in [6.45, 7) is 6.69. The molecule has 0 saturated carbocycles. The molecule has 2 unspecified atom stereocenters. The van der Waals surface area contributed by atoms with Crippen molar-refractivity contribution in [3.8, 4) is 0 Å². The van der Waals surface area contributed by atoms with Gasteiger partial charge in [-0.3, -0.25) is 14.5 Å². The Morgan fingerprint density at radius 2 is 1.59 bits per heavy atom. The Morgan fingerprint density at radius 3 is 2.21 bits per heavy atom. The Hall–Kier alpha value is -3.23. The Labute approximate surface area is 199 Å². The second-order valence-corrected chi connectivity index (χ2v) is 9.59. The predicted molar refractivity (Wildman–Crippen MR) is 122 cm³/mol. The molecule has 2 atom stereocenters. The van der Waals surface area contributed by atoms with E-state index in [4.69, 9.17) is 9.15 Å². The van der Waals surface area contributed by atoms with E-state index in [0.717, 1.165) is 18.4 Å². The predicted octanol–water partition coefficient (Wildman–Crippen LogP) is 4.21. The van der Waals surface area contributed by atoms with Crippen LogP contribution in [0.15, 0.2) is 34.7 Å². The molecule has 2 aromatic rings. The molecule has 9 heteroatoms. The molecule has 0 N–H and O–H groups in total. The number of ether oxygens (including phenoxy) is 1. The average molecular weight is 469 g/mol. The standard InChI is InChI=1S/C25H32N4O5/c1-4-25(2,3)20(30)23(31)28-14-8-12-18(28)21-26-27-22(34-21)19-13-9-15-29(19)24(32)33-16-17-10-6-5-7-11-17/h5-7,10-11,18-19H,4,8-9,12-16H2,1-3H3. The number of aromatic nitrogens is 2. The minimum atomic E-state index is -0.714. The zero-order valence-corrected chi connectivity index (χ0v) is 20.0. The highest BCUT2D eigenvalue weighted by molar-refractivity contribution is 6.38. The molecule has 0 aliphatic carbocycles. The topological polar surface area (TPSA) is 106 Å². The SMILES string of the molecule is CCC(C)(C)C(=O)C(=O)N1CCCC1c1nnc(C2CCCN2C(=O)OCc2ccccc2)o1. The van der Waals surface area contributed by atoms with E-state index in [2.05, 4.69) is 10.2 Å². The van der Waals surface area contributed by atoms with Crippen LogP contribution in [-0.2, 0) is 20.9 Å². The lowest BCUT2D eigenvalue weighted by Gasteiger charge is -2.26. The summed E-state index contributed by atoms with van der Waals surface area (Å²) in [7, 11) is 0. The molecular formula is C25H32N4O5. The fourth-order valence-electron chi connectivity index (χ4n) is 4.41. The van der Waals surface area contributed by atoms with Crippen molar-refractivity contribution in [2.24, 2.45) is 5.41 Å². The summed E-state index contributed by atoms with van der Waals surface area (Å²) in [5, 5.41) is 8.41. The van der Waals surface area contributed by atoms with Gasteiger partial charge >= 0.3 is 6.09 Å². The molecule has 182 valence electrons. The lowest BCUT2D eigenvalue weighted by molar-refractivity contribution is -0.150. The van der Waals surface area contributed by atoms with Crippen molar-refractivity contribution in [3.63, 3.8) is 0 Å². The molecule has 9 nitrogen and oxygen atoms in total. The van der Waals surface area contributed by atoms with Crippen molar-refractivity contribution in [1.82, 2.24) is 20.0 Å². The van der Waals surface area contributed by atoms with E-state index in [1.807, 2.05) is 37.3 Å². The number of likely N-dealkylation sites (tertiary alicyclic amines) is 2. The first-order chi connectivity index (χ1) is 16.3. The average Bonchev–Trinajstić information content (AvgIpc) is 3.61. The van der Waals surface area contributed by atoms with E-state index in [9.17, 15) is 14.4 Å². The molecular weight excluding hydrogens is 436 g/mol. The number of carbonyl (C=O) groups is 3. The van der Waals surface area contributed by atoms with Gasteiger partial charge in [-0.2, -0.15) is 0 Å². The van der Waals surface area contributed by atoms with Gasteiger partial charge in [0.1, 0.15) is 18.7 Å². The van der Waals surface area contributed by atoms with Crippen molar-refractivity contribution in [2.75, 3.05) is 13.1 Å². The van der Waals surface area contributed by atoms with E-state index in [0.29, 0.717) is 44.1 Å². The molecule has 4 rings (SSSR count). The van der Waals surface area contributed by atoms with Crippen LogP contribution in [0.3, 0.4) is 0 Å². The second-order valence-electron chi connectivity index (χ2n) is 9.59. The lowest BCUT2D eigenvalue weighted by atomic mass is 9.84. The highest BCUT2D eigenvalue weighted by Gasteiger charge is 2.42. The zero-order chi connectivity index (χ0) is 24.3.